The number of aryl methyl sites for hydroxylation is 2. The van der Waals surface area contributed by atoms with Crippen LogP contribution < -0.4 is 9.54 Å². The van der Waals surface area contributed by atoms with Gasteiger partial charge in [0.15, 0.2) is 4.80 Å². The number of nitrogens with zero attached hydrogens (tertiary/aromatic N) is 2. The third-order valence-corrected chi connectivity index (χ3v) is 5.64. The molecule has 0 unspecified atom stereocenters. The standard InChI is InChI=1S/C23H28N2O2S/c1-4-6-7-15-27-19-11-9-18(10-12-19)22(26)24-23-25(14-5-2)20-13-8-17(3)16-21(20)28-23/h8-13,16H,4-7,14-15H2,1-3H3. The van der Waals surface area contributed by atoms with Crippen molar-refractivity contribution in [1.29, 1.82) is 0 Å². The van der Waals surface area contributed by atoms with E-state index < -0.39 is 0 Å². The van der Waals surface area contributed by atoms with Crippen LogP contribution in [0.2, 0.25) is 0 Å². The van der Waals surface area contributed by atoms with Crippen LogP contribution in [0.5, 0.6) is 5.75 Å². The topological polar surface area (TPSA) is 43.6 Å². The van der Waals surface area contributed by atoms with Gasteiger partial charge in [0.1, 0.15) is 5.75 Å². The molecule has 1 amide bonds. The normalized spacial score (nSPS) is 11.9. The number of fused-ring (bicyclic) bond motifs is 1. The van der Waals surface area contributed by atoms with Crippen molar-refractivity contribution in [1.82, 2.24) is 4.57 Å². The van der Waals surface area contributed by atoms with Crippen molar-refractivity contribution in [3.05, 3.63) is 58.4 Å². The summed E-state index contributed by atoms with van der Waals surface area (Å²) in [5, 5.41) is 0. The Morgan fingerprint density at radius 3 is 2.57 bits per heavy atom. The molecule has 0 saturated carbocycles. The van der Waals surface area contributed by atoms with Gasteiger partial charge >= 0.3 is 0 Å². The van der Waals surface area contributed by atoms with Crippen LogP contribution in [-0.4, -0.2) is 17.1 Å². The van der Waals surface area contributed by atoms with E-state index in [1.165, 1.54) is 18.4 Å². The van der Waals surface area contributed by atoms with Crippen LogP contribution in [0.25, 0.3) is 10.2 Å². The largest absolute Gasteiger partial charge is 0.494 e. The molecule has 0 aliphatic heterocycles. The van der Waals surface area contributed by atoms with Crippen LogP contribution in [-0.2, 0) is 6.54 Å². The second-order valence-electron chi connectivity index (χ2n) is 7.00. The maximum absolute atomic E-state index is 12.7. The lowest BCUT2D eigenvalue weighted by Crippen LogP contribution is -2.16. The van der Waals surface area contributed by atoms with Crippen molar-refractivity contribution in [2.75, 3.05) is 6.61 Å². The third-order valence-electron chi connectivity index (χ3n) is 4.60. The van der Waals surface area contributed by atoms with Crippen LogP contribution in [0.1, 0.15) is 55.5 Å². The van der Waals surface area contributed by atoms with E-state index >= 15 is 0 Å². The van der Waals surface area contributed by atoms with E-state index in [9.17, 15) is 4.79 Å². The number of thiazole rings is 1. The van der Waals surface area contributed by atoms with E-state index in [0.29, 0.717) is 12.2 Å². The number of hydrogen-bond acceptors (Lipinski definition) is 3. The highest BCUT2D eigenvalue weighted by molar-refractivity contribution is 7.16. The molecule has 28 heavy (non-hydrogen) atoms. The van der Waals surface area contributed by atoms with Gasteiger partial charge in [-0.3, -0.25) is 4.79 Å². The van der Waals surface area contributed by atoms with Crippen LogP contribution in [0.4, 0.5) is 0 Å². The molecule has 148 valence electrons. The summed E-state index contributed by atoms with van der Waals surface area (Å²) < 4.78 is 9.02. The fourth-order valence-electron chi connectivity index (χ4n) is 3.09. The monoisotopic (exact) mass is 396 g/mol. The molecule has 0 radical (unpaired) electrons. The lowest BCUT2D eigenvalue weighted by atomic mass is 10.2. The van der Waals surface area contributed by atoms with Crippen molar-refractivity contribution in [3.63, 3.8) is 0 Å². The summed E-state index contributed by atoms with van der Waals surface area (Å²) in [4.78, 5) is 17.9. The van der Waals surface area contributed by atoms with Gasteiger partial charge in [-0.25, -0.2) is 0 Å². The molecule has 0 fully saturated rings. The van der Waals surface area contributed by atoms with Gasteiger partial charge in [-0.15, -0.1) is 0 Å². The number of carbonyl (C=O) groups is 1. The highest BCUT2D eigenvalue weighted by Gasteiger charge is 2.09. The fourth-order valence-corrected chi connectivity index (χ4v) is 4.25. The Kier molecular flexibility index (Phi) is 7.04. The number of carbonyl (C=O) groups excluding carboxylic acids is 1. The Balaban J connectivity index is 1.83. The smallest absolute Gasteiger partial charge is 0.279 e. The number of ether oxygens (including phenoxy) is 1. The van der Waals surface area contributed by atoms with Crippen molar-refractivity contribution in [3.8, 4) is 5.75 Å². The van der Waals surface area contributed by atoms with Crippen LogP contribution >= 0.6 is 11.3 Å². The molecular formula is C23H28N2O2S. The number of hydrogen-bond donors (Lipinski definition) is 0. The minimum absolute atomic E-state index is 0.217. The van der Waals surface area contributed by atoms with Gasteiger partial charge in [0.2, 0.25) is 0 Å². The summed E-state index contributed by atoms with van der Waals surface area (Å²) in [7, 11) is 0. The summed E-state index contributed by atoms with van der Waals surface area (Å²) in [5.74, 6) is 0.580. The highest BCUT2D eigenvalue weighted by Crippen LogP contribution is 2.20. The molecule has 0 N–H and O–H groups in total. The Morgan fingerprint density at radius 1 is 1.07 bits per heavy atom. The number of unbranched alkanes of at least 4 members (excludes halogenated alkanes) is 2. The molecule has 3 rings (SSSR count). The summed E-state index contributed by atoms with van der Waals surface area (Å²) >= 11 is 1.57. The molecule has 1 aromatic heterocycles. The predicted octanol–water partition coefficient (Wildman–Crippen LogP) is 5.73. The molecule has 4 nitrogen and oxygen atoms in total. The number of benzene rings is 2. The van der Waals surface area contributed by atoms with Crippen LogP contribution in [0.15, 0.2) is 47.5 Å². The van der Waals surface area contributed by atoms with Gasteiger partial charge in [0.05, 0.1) is 16.8 Å². The van der Waals surface area contributed by atoms with Crippen LogP contribution in [0, 0.1) is 6.92 Å². The molecule has 0 aliphatic carbocycles. The summed E-state index contributed by atoms with van der Waals surface area (Å²) in [6.07, 6.45) is 4.38. The maximum Gasteiger partial charge on any atom is 0.279 e. The molecule has 0 atom stereocenters. The maximum atomic E-state index is 12.7. The average Bonchev–Trinajstić information content (AvgIpc) is 3.02. The van der Waals surface area contributed by atoms with E-state index in [1.807, 2.05) is 12.1 Å². The molecule has 0 spiro atoms. The van der Waals surface area contributed by atoms with E-state index in [4.69, 9.17) is 4.74 Å². The number of aromatic nitrogens is 1. The van der Waals surface area contributed by atoms with E-state index in [2.05, 4.69) is 48.5 Å². The lowest BCUT2D eigenvalue weighted by Gasteiger charge is -2.06. The molecule has 2 aromatic carbocycles. The third kappa shape index (κ3) is 4.90. The molecule has 1 heterocycles. The van der Waals surface area contributed by atoms with Gasteiger partial charge < -0.3 is 9.30 Å². The second kappa shape index (κ2) is 9.69. The van der Waals surface area contributed by atoms with E-state index in [-0.39, 0.29) is 5.91 Å². The SMILES string of the molecule is CCCCCOc1ccc(C(=O)N=c2sc3cc(C)ccc3n2CCC)cc1. The van der Waals surface area contributed by atoms with E-state index in [1.54, 1.807) is 23.5 Å². The summed E-state index contributed by atoms with van der Waals surface area (Å²) in [6, 6.07) is 13.7. The van der Waals surface area contributed by atoms with Crippen molar-refractivity contribution in [2.45, 2.75) is 53.0 Å². The Hall–Kier alpha value is -2.40. The molecule has 3 aromatic rings. The summed E-state index contributed by atoms with van der Waals surface area (Å²) in [6.45, 7) is 7.95. The zero-order chi connectivity index (χ0) is 19.9. The van der Waals surface area contributed by atoms with Crippen molar-refractivity contribution < 1.29 is 9.53 Å². The average molecular weight is 397 g/mol. The zero-order valence-corrected chi connectivity index (χ0v) is 17.7. The molecule has 0 saturated heterocycles. The van der Waals surface area contributed by atoms with Gasteiger partial charge in [-0.2, -0.15) is 4.99 Å². The van der Waals surface area contributed by atoms with Crippen molar-refractivity contribution >= 4 is 27.5 Å². The molecule has 0 bridgehead atoms. The summed E-state index contributed by atoms with van der Waals surface area (Å²) in [5.41, 5.74) is 2.93. The fraction of sp³-hybridized carbons (Fsp3) is 0.391. The Morgan fingerprint density at radius 2 is 1.86 bits per heavy atom. The Bertz CT molecular complexity index is 1000. The second-order valence-corrected chi connectivity index (χ2v) is 8.01. The van der Waals surface area contributed by atoms with Gasteiger partial charge in [-0.1, -0.05) is 44.1 Å². The Labute approximate surface area is 170 Å². The van der Waals surface area contributed by atoms with Gasteiger partial charge in [0, 0.05) is 12.1 Å². The molecular weight excluding hydrogens is 368 g/mol. The molecule has 5 heteroatoms. The first kappa shape index (κ1) is 20.3. The van der Waals surface area contributed by atoms with E-state index in [0.717, 1.165) is 40.2 Å². The zero-order valence-electron chi connectivity index (χ0n) is 16.9. The minimum atomic E-state index is -0.217. The number of amides is 1. The highest BCUT2D eigenvalue weighted by atomic mass is 32.1. The predicted molar refractivity (Wildman–Crippen MR) is 116 cm³/mol. The minimum Gasteiger partial charge on any atom is -0.494 e. The van der Waals surface area contributed by atoms with Crippen molar-refractivity contribution in [2.24, 2.45) is 4.99 Å². The molecule has 0 aliphatic rings. The first-order valence-corrected chi connectivity index (χ1v) is 10.9. The number of rotatable bonds is 8. The lowest BCUT2D eigenvalue weighted by molar-refractivity contribution is 0.0998. The van der Waals surface area contributed by atoms with Gasteiger partial charge in [-0.05, 0) is 61.7 Å². The van der Waals surface area contributed by atoms with Crippen LogP contribution in [0.3, 0.4) is 0 Å². The van der Waals surface area contributed by atoms with Gasteiger partial charge in [0.25, 0.3) is 5.91 Å². The first-order chi connectivity index (χ1) is 13.6. The quantitative estimate of drug-likeness (QED) is 0.456. The first-order valence-electron chi connectivity index (χ1n) is 10.0.